The minimum atomic E-state index is -3.85. The number of carbonyl (C=O) groups is 1. The van der Waals surface area contributed by atoms with Crippen LogP contribution in [0.4, 0.5) is 5.69 Å². The number of sulfonamides is 1. The zero-order valence-electron chi connectivity index (χ0n) is 12.7. The molecule has 8 nitrogen and oxygen atoms in total. The van der Waals surface area contributed by atoms with Gasteiger partial charge in [0.1, 0.15) is 5.75 Å². The average molecular weight is 339 g/mol. The fourth-order valence-corrected chi connectivity index (χ4v) is 3.01. The number of aromatic nitrogens is 2. The summed E-state index contributed by atoms with van der Waals surface area (Å²) in [5.74, 6) is -0.583. The fourth-order valence-electron chi connectivity index (χ4n) is 1.98. The van der Waals surface area contributed by atoms with E-state index in [9.17, 15) is 13.2 Å². The van der Waals surface area contributed by atoms with Crippen molar-refractivity contribution < 1.29 is 23.1 Å². The minimum absolute atomic E-state index is 0.0429. The van der Waals surface area contributed by atoms with E-state index in [2.05, 4.69) is 9.82 Å². The average Bonchev–Trinajstić information content (AvgIpc) is 2.92. The van der Waals surface area contributed by atoms with Gasteiger partial charge in [0.2, 0.25) is 0 Å². The lowest BCUT2D eigenvalue weighted by molar-refractivity contribution is -0.136. The van der Waals surface area contributed by atoms with E-state index in [1.54, 1.807) is 25.2 Å². The van der Waals surface area contributed by atoms with Crippen LogP contribution >= 0.6 is 0 Å². The molecule has 9 heteroatoms. The number of nitrogens with one attached hydrogen (secondary N) is 1. The summed E-state index contributed by atoms with van der Waals surface area (Å²) in [7, 11) is -0.813. The van der Waals surface area contributed by atoms with Gasteiger partial charge in [0, 0.05) is 19.7 Å². The molecule has 0 aliphatic heterocycles. The quantitative estimate of drug-likeness (QED) is 0.785. The summed E-state index contributed by atoms with van der Waals surface area (Å²) < 4.78 is 33.6. The van der Waals surface area contributed by atoms with Crippen molar-refractivity contribution in [1.82, 2.24) is 9.78 Å². The lowest BCUT2D eigenvalue weighted by Gasteiger charge is -2.12. The highest BCUT2D eigenvalue weighted by Gasteiger charge is 2.19. The van der Waals surface area contributed by atoms with Crippen LogP contribution in [0.3, 0.4) is 0 Å². The topological polar surface area (TPSA) is 111 Å². The molecule has 0 unspecified atom stereocenters. The molecule has 1 aromatic carbocycles. The molecule has 23 heavy (non-hydrogen) atoms. The van der Waals surface area contributed by atoms with Crippen molar-refractivity contribution in [1.29, 1.82) is 0 Å². The number of methoxy groups -OCH3 is 1. The van der Waals surface area contributed by atoms with Crippen molar-refractivity contribution in [2.24, 2.45) is 7.05 Å². The van der Waals surface area contributed by atoms with E-state index in [0.29, 0.717) is 11.3 Å². The van der Waals surface area contributed by atoms with E-state index < -0.39 is 16.0 Å². The molecule has 0 spiro atoms. The third-order valence-electron chi connectivity index (χ3n) is 3.10. The number of aliphatic carboxylic acids is 1. The largest absolute Gasteiger partial charge is 0.495 e. The van der Waals surface area contributed by atoms with Gasteiger partial charge in [-0.15, -0.1) is 0 Å². The van der Waals surface area contributed by atoms with Crippen molar-refractivity contribution >= 4 is 21.7 Å². The molecule has 0 fully saturated rings. The number of nitrogens with zero attached hydrogens (tertiary/aromatic N) is 2. The predicted molar refractivity (Wildman–Crippen MR) is 83.0 cm³/mol. The molecule has 0 saturated carbocycles. The highest BCUT2D eigenvalue weighted by molar-refractivity contribution is 7.92. The van der Waals surface area contributed by atoms with E-state index in [4.69, 9.17) is 9.84 Å². The summed E-state index contributed by atoms with van der Waals surface area (Å²) >= 11 is 0. The van der Waals surface area contributed by atoms with E-state index >= 15 is 0 Å². The first kappa shape index (κ1) is 16.8. The molecular formula is C14H17N3O5S. The molecule has 0 saturated heterocycles. The Morgan fingerprint density at radius 2 is 2.13 bits per heavy atom. The Kier molecular flexibility index (Phi) is 4.89. The number of hydrogen-bond donors (Lipinski definition) is 2. The number of carboxylic acids is 1. The van der Waals surface area contributed by atoms with Crippen molar-refractivity contribution in [2.75, 3.05) is 11.8 Å². The van der Waals surface area contributed by atoms with Crippen molar-refractivity contribution in [3.8, 4) is 5.75 Å². The van der Waals surface area contributed by atoms with Gasteiger partial charge in [-0.3, -0.25) is 14.2 Å². The first-order valence-electron chi connectivity index (χ1n) is 6.73. The number of hydrogen-bond acceptors (Lipinski definition) is 5. The molecular weight excluding hydrogens is 322 g/mol. The number of anilines is 1. The second-order valence-electron chi connectivity index (χ2n) is 4.86. The van der Waals surface area contributed by atoms with E-state index in [1.807, 2.05) is 0 Å². The third-order valence-corrected chi connectivity index (χ3v) is 4.36. The van der Waals surface area contributed by atoms with Crippen LogP contribution < -0.4 is 9.46 Å². The van der Waals surface area contributed by atoms with Crippen LogP contribution in [0.25, 0.3) is 0 Å². The van der Waals surface area contributed by atoms with Gasteiger partial charge in [-0.25, -0.2) is 0 Å². The highest BCUT2D eigenvalue weighted by Crippen LogP contribution is 2.28. The Hall–Kier alpha value is -2.55. The molecule has 124 valence electrons. The van der Waals surface area contributed by atoms with Gasteiger partial charge in [0.05, 0.1) is 12.8 Å². The van der Waals surface area contributed by atoms with Crippen LogP contribution in [0.1, 0.15) is 12.0 Å². The lowest BCUT2D eigenvalue weighted by Crippen LogP contribution is -2.15. The molecule has 2 rings (SSSR count). The minimum Gasteiger partial charge on any atom is -0.495 e. The summed E-state index contributed by atoms with van der Waals surface area (Å²) in [6.45, 7) is 0. The zero-order chi connectivity index (χ0) is 17.0. The van der Waals surface area contributed by atoms with Crippen LogP contribution in [-0.4, -0.2) is 36.4 Å². The fraction of sp³-hybridized carbons (Fsp3) is 0.286. The summed E-state index contributed by atoms with van der Waals surface area (Å²) in [5, 5.41) is 12.5. The normalized spacial score (nSPS) is 11.2. The Morgan fingerprint density at radius 3 is 2.70 bits per heavy atom. The second-order valence-corrected chi connectivity index (χ2v) is 6.49. The standard InChI is InChI=1S/C14H17N3O5S/c1-17-8-7-13(15-17)23(20,21)16-11-9-10(4-6-14(18)19)3-5-12(11)22-2/h3,5,7-9,16H,4,6H2,1-2H3,(H,18,19). The first-order chi connectivity index (χ1) is 10.8. The van der Waals surface area contributed by atoms with Gasteiger partial charge in [0.25, 0.3) is 10.0 Å². The summed E-state index contributed by atoms with van der Waals surface area (Å²) in [4.78, 5) is 10.7. The molecule has 2 aromatic rings. The Balaban J connectivity index is 2.29. The summed E-state index contributed by atoms with van der Waals surface area (Å²) in [6.07, 6.45) is 1.77. The van der Waals surface area contributed by atoms with Crippen molar-refractivity contribution in [2.45, 2.75) is 17.9 Å². The maximum atomic E-state index is 12.3. The molecule has 1 aromatic heterocycles. The molecule has 1 heterocycles. The van der Waals surface area contributed by atoms with Crippen molar-refractivity contribution in [3.63, 3.8) is 0 Å². The Morgan fingerprint density at radius 1 is 1.39 bits per heavy atom. The van der Waals surface area contributed by atoms with Crippen LogP contribution in [0.15, 0.2) is 35.5 Å². The summed E-state index contributed by atoms with van der Waals surface area (Å²) in [5.41, 5.74) is 0.924. The third kappa shape index (κ3) is 4.22. The van der Waals surface area contributed by atoms with E-state index in [-0.39, 0.29) is 23.6 Å². The van der Waals surface area contributed by atoms with Crippen LogP contribution in [0.5, 0.6) is 5.75 Å². The first-order valence-corrected chi connectivity index (χ1v) is 8.21. The Bertz CT molecular complexity index is 814. The number of carboxylic acid groups (broad SMARTS) is 1. The van der Waals surface area contributed by atoms with Gasteiger partial charge in [-0.05, 0) is 30.2 Å². The monoisotopic (exact) mass is 339 g/mol. The lowest BCUT2D eigenvalue weighted by atomic mass is 10.1. The molecule has 0 atom stereocenters. The predicted octanol–water partition coefficient (Wildman–Crippen LogP) is 1.25. The van der Waals surface area contributed by atoms with Gasteiger partial charge >= 0.3 is 5.97 Å². The van der Waals surface area contributed by atoms with Crippen LogP contribution in [0.2, 0.25) is 0 Å². The van der Waals surface area contributed by atoms with E-state index in [1.165, 1.54) is 24.1 Å². The van der Waals surface area contributed by atoms with Gasteiger partial charge in [0.15, 0.2) is 5.03 Å². The van der Waals surface area contributed by atoms with E-state index in [0.717, 1.165) is 0 Å². The number of benzene rings is 1. The Labute approximate surface area is 133 Å². The number of aryl methyl sites for hydroxylation is 2. The number of rotatable bonds is 7. The van der Waals surface area contributed by atoms with Gasteiger partial charge < -0.3 is 9.84 Å². The molecule has 0 aliphatic rings. The van der Waals surface area contributed by atoms with Crippen molar-refractivity contribution in [3.05, 3.63) is 36.0 Å². The molecule has 0 amide bonds. The molecule has 0 radical (unpaired) electrons. The maximum Gasteiger partial charge on any atom is 0.303 e. The summed E-state index contributed by atoms with van der Waals surface area (Å²) in [6, 6.07) is 6.22. The zero-order valence-corrected chi connectivity index (χ0v) is 13.5. The maximum absolute atomic E-state index is 12.3. The second kappa shape index (κ2) is 6.69. The SMILES string of the molecule is COc1ccc(CCC(=O)O)cc1NS(=O)(=O)c1ccn(C)n1. The molecule has 2 N–H and O–H groups in total. The van der Waals surface area contributed by atoms with Crippen LogP contribution in [-0.2, 0) is 28.3 Å². The smallest absolute Gasteiger partial charge is 0.303 e. The highest BCUT2D eigenvalue weighted by atomic mass is 32.2. The molecule has 0 aliphatic carbocycles. The number of ether oxygens (including phenoxy) is 1. The molecule has 0 bridgehead atoms. The van der Waals surface area contributed by atoms with Gasteiger partial charge in [-0.2, -0.15) is 13.5 Å². The van der Waals surface area contributed by atoms with Crippen LogP contribution in [0, 0.1) is 0 Å². The van der Waals surface area contributed by atoms with Gasteiger partial charge in [-0.1, -0.05) is 6.07 Å².